The fourth-order valence-electron chi connectivity index (χ4n) is 6.93. The van der Waals surface area contributed by atoms with Gasteiger partial charge in [0, 0.05) is 13.0 Å². The van der Waals surface area contributed by atoms with Crippen LogP contribution in [0.4, 0.5) is 5.13 Å². The van der Waals surface area contributed by atoms with E-state index in [2.05, 4.69) is 32.0 Å². The predicted octanol–water partition coefficient (Wildman–Crippen LogP) is 5.40. The van der Waals surface area contributed by atoms with Crippen LogP contribution in [0.15, 0.2) is 29.4 Å². The standard InChI is InChI=1S/C24H29N5OS2/c1-2-29-20(13-24-10-15-7-16(11-24)9-17(8-15)12-24)27-28-23(29)31-14-21(30)26-22-25-18-5-3-4-6-19(18)32-22/h3-6,15-17H,2,7-14H2,1H3,(H,25,26,30). The summed E-state index contributed by atoms with van der Waals surface area (Å²) >= 11 is 2.98. The molecule has 4 aliphatic carbocycles. The summed E-state index contributed by atoms with van der Waals surface area (Å²) in [4.78, 5) is 17.0. The van der Waals surface area contributed by atoms with Gasteiger partial charge in [-0.3, -0.25) is 4.79 Å². The summed E-state index contributed by atoms with van der Waals surface area (Å²) in [6.07, 6.45) is 9.57. The van der Waals surface area contributed by atoms with E-state index in [0.29, 0.717) is 16.3 Å². The third kappa shape index (κ3) is 3.85. The van der Waals surface area contributed by atoms with Gasteiger partial charge in [0.15, 0.2) is 10.3 Å². The summed E-state index contributed by atoms with van der Waals surface area (Å²) in [5, 5.41) is 13.5. The molecule has 4 aliphatic rings. The van der Waals surface area contributed by atoms with Crippen LogP contribution in [0.2, 0.25) is 0 Å². The Balaban J connectivity index is 1.11. The minimum Gasteiger partial charge on any atom is -0.306 e. The van der Waals surface area contributed by atoms with Gasteiger partial charge in [-0.15, -0.1) is 10.2 Å². The lowest BCUT2D eigenvalue weighted by molar-refractivity contribution is -0.113. The van der Waals surface area contributed by atoms with Crippen molar-refractivity contribution in [2.45, 2.75) is 63.6 Å². The number of rotatable bonds is 7. The highest BCUT2D eigenvalue weighted by atomic mass is 32.2. The van der Waals surface area contributed by atoms with E-state index < -0.39 is 0 Å². The number of carbonyl (C=O) groups is 1. The molecule has 0 atom stereocenters. The molecule has 3 aromatic rings. The highest BCUT2D eigenvalue weighted by molar-refractivity contribution is 7.99. The molecule has 4 saturated carbocycles. The summed E-state index contributed by atoms with van der Waals surface area (Å²) in [6.45, 7) is 2.99. The number of fused-ring (bicyclic) bond motifs is 1. The molecule has 0 radical (unpaired) electrons. The van der Waals surface area contributed by atoms with Crippen LogP contribution in [0.5, 0.6) is 0 Å². The van der Waals surface area contributed by atoms with E-state index in [1.54, 1.807) is 0 Å². The highest BCUT2D eigenvalue weighted by Crippen LogP contribution is 2.61. The molecule has 2 heterocycles. The summed E-state index contributed by atoms with van der Waals surface area (Å²) in [5.41, 5.74) is 1.36. The fourth-order valence-corrected chi connectivity index (χ4v) is 8.63. The Morgan fingerprint density at radius 3 is 2.56 bits per heavy atom. The van der Waals surface area contributed by atoms with Gasteiger partial charge in [-0.2, -0.15) is 0 Å². The van der Waals surface area contributed by atoms with E-state index in [9.17, 15) is 4.79 Å². The summed E-state index contributed by atoms with van der Waals surface area (Å²) in [6, 6.07) is 7.93. The lowest BCUT2D eigenvalue weighted by atomic mass is 9.49. The van der Waals surface area contributed by atoms with Crippen LogP contribution < -0.4 is 5.32 Å². The van der Waals surface area contributed by atoms with Crippen molar-refractivity contribution in [1.29, 1.82) is 0 Å². The number of amides is 1. The minimum absolute atomic E-state index is 0.0534. The molecule has 0 aliphatic heterocycles. The van der Waals surface area contributed by atoms with Crippen molar-refractivity contribution < 1.29 is 4.79 Å². The van der Waals surface area contributed by atoms with Gasteiger partial charge in [0.1, 0.15) is 5.82 Å². The number of aromatic nitrogens is 4. The van der Waals surface area contributed by atoms with Crippen molar-refractivity contribution in [3.8, 4) is 0 Å². The Kier molecular flexibility index (Phi) is 5.25. The zero-order valence-corrected chi connectivity index (χ0v) is 20.1. The Bertz CT molecular complexity index is 1080. The van der Waals surface area contributed by atoms with E-state index in [-0.39, 0.29) is 5.91 Å². The molecular weight excluding hydrogens is 438 g/mol. The first-order valence-corrected chi connectivity index (χ1v) is 13.6. The Labute approximate surface area is 196 Å². The number of carbonyl (C=O) groups excluding carboxylic acids is 1. The number of benzene rings is 1. The quantitative estimate of drug-likeness (QED) is 0.471. The van der Waals surface area contributed by atoms with Crippen LogP contribution in [-0.4, -0.2) is 31.4 Å². The predicted molar refractivity (Wildman–Crippen MR) is 129 cm³/mol. The largest absolute Gasteiger partial charge is 0.306 e. The molecule has 0 saturated heterocycles. The first-order valence-electron chi connectivity index (χ1n) is 11.8. The second-order valence-electron chi connectivity index (χ2n) is 10.1. The van der Waals surface area contributed by atoms with E-state index in [0.717, 1.165) is 51.9 Å². The minimum atomic E-state index is -0.0534. The smallest absolute Gasteiger partial charge is 0.236 e. The normalized spacial score (nSPS) is 28.5. The number of para-hydroxylation sites is 1. The van der Waals surface area contributed by atoms with Crippen molar-refractivity contribution in [1.82, 2.24) is 19.7 Å². The molecule has 7 rings (SSSR count). The van der Waals surface area contributed by atoms with Gasteiger partial charge in [-0.25, -0.2) is 4.98 Å². The topological polar surface area (TPSA) is 72.7 Å². The third-order valence-electron chi connectivity index (χ3n) is 7.68. The number of nitrogens with one attached hydrogen (secondary N) is 1. The van der Waals surface area contributed by atoms with Crippen molar-refractivity contribution in [2.24, 2.45) is 23.2 Å². The highest BCUT2D eigenvalue weighted by Gasteiger charge is 2.51. The second-order valence-corrected chi connectivity index (χ2v) is 12.0. The lowest BCUT2D eigenvalue weighted by Gasteiger charge is -2.56. The number of nitrogens with zero attached hydrogens (tertiary/aromatic N) is 4. The van der Waals surface area contributed by atoms with Crippen molar-refractivity contribution >= 4 is 44.4 Å². The molecule has 2 aromatic heterocycles. The molecule has 1 amide bonds. The maximum atomic E-state index is 12.5. The van der Waals surface area contributed by atoms with Crippen molar-refractivity contribution in [2.75, 3.05) is 11.1 Å². The average Bonchev–Trinajstić information content (AvgIpc) is 3.33. The third-order valence-corrected chi connectivity index (χ3v) is 9.60. The summed E-state index contributed by atoms with van der Waals surface area (Å²) in [5.74, 6) is 4.20. The van der Waals surface area contributed by atoms with Gasteiger partial charge < -0.3 is 9.88 Å². The average molecular weight is 468 g/mol. The number of thiazole rings is 1. The zero-order valence-electron chi connectivity index (χ0n) is 18.4. The summed E-state index contributed by atoms with van der Waals surface area (Å²) < 4.78 is 3.31. The fraction of sp³-hybridized carbons (Fsp3) is 0.583. The molecule has 4 bridgehead atoms. The van der Waals surface area contributed by atoms with Crippen LogP contribution in [0.1, 0.15) is 51.3 Å². The SMILES string of the molecule is CCn1c(CC23CC4CC(CC(C4)C2)C3)nnc1SCC(=O)Nc1nc2ccccc2s1. The molecule has 6 nitrogen and oxygen atoms in total. The van der Waals surface area contributed by atoms with Gasteiger partial charge in [0.25, 0.3) is 0 Å². The molecule has 4 fully saturated rings. The van der Waals surface area contributed by atoms with E-state index in [1.807, 2.05) is 24.3 Å². The molecule has 1 aromatic carbocycles. The van der Waals surface area contributed by atoms with Gasteiger partial charge in [0.2, 0.25) is 5.91 Å². The van der Waals surface area contributed by atoms with Crippen LogP contribution >= 0.6 is 23.1 Å². The summed E-state index contributed by atoms with van der Waals surface area (Å²) in [7, 11) is 0. The maximum absolute atomic E-state index is 12.5. The maximum Gasteiger partial charge on any atom is 0.236 e. The van der Waals surface area contributed by atoms with E-state index >= 15 is 0 Å². The van der Waals surface area contributed by atoms with E-state index in [1.165, 1.54) is 61.6 Å². The van der Waals surface area contributed by atoms with Crippen LogP contribution in [0.25, 0.3) is 10.2 Å². The molecular formula is C24H29N5OS2. The lowest BCUT2D eigenvalue weighted by Crippen LogP contribution is -2.47. The molecule has 1 N–H and O–H groups in total. The van der Waals surface area contributed by atoms with Crippen LogP contribution in [-0.2, 0) is 17.8 Å². The van der Waals surface area contributed by atoms with Gasteiger partial charge >= 0.3 is 0 Å². The molecule has 0 spiro atoms. The van der Waals surface area contributed by atoms with Crippen molar-refractivity contribution in [3.63, 3.8) is 0 Å². The van der Waals surface area contributed by atoms with Gasteiger partial charge in [-0.1, -0.05) is 35.2 Å². The number of anilines is 1. The Morgan fingerprint density at radius 2 is 1.88 bits per heavy atom. The number of hydrogen-bond donors (Lipinski definition) is 1. The van der Waals surface area contributed by atoms with Crippen molar-refractivity contribution in [3.05, 3.63) is 30.1 Å². The molecule has 168 valence electrons. The van der Waals surface area contributed by atoms with Crippen LogP contribution in [0.3, 0.4) is 0 Å². The Morgan fingerprint density at radius 1 is 1.16 bits per heavy atom. The second kappa shape index (κ2) is 8.13. The van der Waals surface area contributed by atoms with E-state index in [4.69, 9.17) is 0 Å². The molecule has 32 heavy (non-hydrogen) atoms. The number of hydrogen-bond acceptors (Lipinski definition) is 6. The number of thioether (sulfide) groups is 1. The Hall–Kier alpha value is -1.93. The van der Waals surface area contributed by atoms with Crippen LogP contribution in [0, 0.1) is 23.2 Å². The zero-order chi connectivity index (χ0) is 21.7. The van der Waals surface area contributed by atoms with Gasteiger partial charge in [-0.05, 0) is 80.8 Å². The first kappa shape index (κ1) is 20.7. The van der Waals surface area contributed by atoms with Gasteiger partial charge in [0.05, 0.1) is 16.0 Å². The molecule has 8 heteroatoms. The molecule has 0 unspecified atom stereocenters. The monoisotopic (exact) mass is 467 g/mol. The first-order chi connectivity index (χ1) is 15.6.